The zero-order valence-electron chi connectivity index (χ0n) is 20.6. The average Bonchev–Trinajstić information content (AvgIpc) is 2.89. The Morgan fingerprint density at radius 3 is 2.16 bits per heavy atom. The van der Waals surface area contributed by atoms with Crippen LogP contribution in [0.2, 0.25) is 5.02 Å². The lowest BCUT2D eigenvalue weighted by Gasteiger charge is -2.33. The Bertz CT molecular complexity index is 1320. The second-order valence-electron chi connectivity index (χ2n) is 8.23. The van der Waals surface area contributed by atoms with E-state index in [0.717, 1.165) is 8.78 Å². The molecule has 1 N–H and O–H groups in total. The molecule has 0 aliphatic heterocycles. The van der Waals surface area contributed by atoms with Gasteiger partial charge in [0.1, 0.15) is 12.6 Å². The van der Waals surface area contributed by atoms with E-state index >= 15 is 0 Å². The molecule has 1 atom stereocenters. The molecule has 0 fully saturated rings. The maximum absolute atomic E-state index is 13.9. The van der Waals surface area contributed by atoms with Crippen molar-refractivity contribution in [2.45, 2.75) is 37.8 Å². The molecule has 0 aliphatic rings. The smallest absolute Gasteiger partial charge is 0.264 e. The van der Waals surface area contributed by atoms with Crippen LogP contribution in [0.1, 0.15) is 25.8 Å². The van der Waals surface area contributed by atoms with E-state index in [-0.39, 0.29) is 17.3 Å². The molecule has 0 radical (unpaired) electrons. The van der Waals surface area contributed by atoms with Crippen LogP contribution < -0.4 is 9.62 Å². The minimum atomic E-state index is -4.10. The van der Waals surface area contributed by atoms with Crippen molar-refractivity contribution < 1.29 is 18.0 Å². The van der Waals surface area contributed by atoms with Gasteiger partial charge < -0.3 is 10.2 Å². The predicted octanol–water partition coefficient (Wildman–Crippen LogP) is 5.24. The molecule has 1 unspecified atom stereocenters. The van der Waals surface area contributed by atoms with Crippen LogP contribution in [0.15, 0.2) is 88.2 Å². The Kier molecular flexibility index (Phi) is 10.1. The van der Waals surface area contributed by atoms with Crippen LogP contribution in [-0.2, 0) is 26.2 Å². The number of anilines is 1. The number of hydrogen-bond donors (Lipinski definition) is 1. The number of nitrogens with zero attached hydrogens (tertiary/aromatic N) is 2. The summed E-state index contributed by atoms with van der Waals surface area (Å²) < 4.78 is 29.3. The molecular weight excluding hydrogens is 578 g/mol. The van der Waals surface area contributed by atoms with Crippen LogP contribution in [0, 0.1) is 0 Å². The van der Waals surface area contributed by atoms with Gasteiger partial charge in [-0.1, -0.05) is 70.9 Å². The van der Waals surface area contributed by atoms with Gasteiger partial charge in [-0.15, -0.1) is 0 Å². The third-order valence-electron chi connectivity index (χ3n) is 5.76. The predicted molar refractivity (Wildman–Crippen MR) is 150 cm³/mol. The SMILES string of the molecule is CCNC(=O)C(CC)N(Cc1ccccc1Cl)C(=O)CN(c1ccc(Br)cc1)S(=O)(=O)c1ccccc1. The van der Waals surface area contributed by atoms with Gasteiger partial charge in [0.2, 0.25) is 11.8 Å². The summed E-state index contributed by atoms with van der Waals surface area (Å²) in [5.74, 6) is -0.841. The molecule has 0 saturated heterocycles. The minimum Gasteiger partial charge on any atom is -0.355 e. The van der Waals surface area contributed by atoms with Crippen LogP contribution in [-0.4, -0.2) is 44.3 Å². The van der Waals surface area contributed by atoms with Crippen molar-refractivity contribution in [3.05, 3.63) is 93.9 Å². The number of rotatable bonds is 11. The number of sulfonamides is 1. The molecule has 3 rings (SSSR count). The molecule has 3 aromatic carbocycles. The van der Waals surface area contributed by atoms with E-state index in [9.17, 15) is 18.0 Å². The summed E-state index contributed by atoms with van der Waals surface area (Å²) in [5, 5.41) is 3.23. The van der Waals surface area contributed by atoms with Crippen molar-refractivity contribution in [2.24, 2.45) is 0 Å². The van der Waals surface area contributed by atoms with Crippen molar-refractivity contribution in [1.82, 2.24) is 10.2 Å². The quantitative estimate of drug-likeness (QED) is 0.323. The molecule has 3 aromatic rings. The Morgan fingerprint density at radius 1 is 0.946 bits per heavy atom. The first-order valence-corrected chi connectivity index (χ1v) is 14.4. The molecule has 0 spiro atoms. The van der Waals surface area contributed by atoms with Gasteiger partial charge in [-0.25, -0.2) is 8.42 Å². The summed E-state index contributed by atoms with van der Waals surface area (Å²) in [6.07, 6.45) is 0.339. The van der Waals surface area contributed by atoms with E-state index in [4.69, 9.17) is 11.6 Å². The molecule has 196 valence electrons. The van der Waals surface area contributed by atoms with Crippen LogP contribution >= 0.6 is 27.5 Å². The zero-order valence-corrected chi connectivity index (χ0v) is 23.8. The van der Waals surface area contributed by atoms with Gasteiger partial charge in [0, 0.05) is 22.6 Å². The van der Waals surface area contributed by atoms with Crippen molar-refractivity contribution >= 4 is 55.1 Å². The average molecular weight is 607 g/mol. The summed E-state index contributed by atoms with van der Waals surface area (Å²) in [5.41, 5.74) is 0.977. The molecule has 0 bridgehead atoms. The summed E-state index contributed by atoms with van der Waals surface area (Å²) in [6.45, 7) is 3.55. The Labute approximate surface area is 231 Å². The molecular formula is C27H29BrClN3O4S. The first kappa shape index (κ1) is 28.7. The van der Waals surface area contributed by atoms with Gasteiger partial charge in [-0.3, -0.25) is 13.9 Å². The molecule has 0 aliphatic carbocycles. The molecule has 37 heavy (non-hydrogen) atoms. The Hall–Kier alpha value is -2.88. The fourth-order valence-corrected chi connectivity index (χ4v) is 5.77. The van der Waals surface area contributed by atoms with E-state index in [2.05, 4.69) is 21.2 Å². The summed E-state index contributed by atoms with van der Waals surface area (Å²) in [6, 6.07) is 20.8. The molecule has 0 saturated carbocycles. The van der Waals surface area contributed by atoms with Crippen molar-refractivity contribution in [3.8, 4) is 0 Å². The van der Waals surface area contributed by atoms with Crippen molar-refractivity contribution in [1.29, 1.82) is 0 Å². The summed E-state index contributed by atoms with van der Waals surface area (Å²) in [4.78, 5) is 28.3. The normalized spacial score (nSPS) is 12.0. The first-order valence-electron chi connectivity index (χ1n) is 11.8. The van der Waals surface area contributed by atoms with Gasteiger partial charge in [-0.05, 0) is 61.4 Å². The van der Waals surface area contributed by atoms with Crippen LogP contribution in [0.5, 0.6) is 0 Å². The lowest BCUT2D eigenvalue weighted by atomic mass is 10.1. The third-order valence-corrected chi connectivity index (χ3v) is 8.45. The van der Waals surface area contributed by atoms with Gasteiger partial charge in [0.05, 0.1) is 10.6 Å². The highest BCUT2D eigenvalue weighted by Crippen LogP contribution is 2.27. The van der Waals surface area contributed by atoms with E-state index in [0.29, 0.717) is 29.2 Å². The number of nitrogens with one attached hydrogen (secondary N) is 1. The van der Waals surface area contributed by atoms with Crippen LogP contribution in [0.25, 0.3) is 0 Å². The lowest BCUT2D eigenvalue weighted by molar-refractivity contribution is -0.140. The minimum absolute atomic E-state index is 0.0493. The summed E-state index contributed by atoms with van der Waals surface area (Å²) in [7, 11) is -4.10. The summed E-state index contributed by atoms with van der Waals surface area (Å²) >= 11 is 9.75. The van der Waals surface area contributed by atoms with Crippen LogP contribution in [0.4, 0.5) is 5.69 Å². The van der Waals surface area contributed by atoms with Gasteiger partial charge in [-0.2, -0.15) is 0 Å². The molecule has 0 aromatic heterocycles. The lowest BCUT2D eigenvalue weighted by Crippen LogP contribution is -2.52. The van der Waals surface area contributed by atoms with Gasteiger partial charge >= 0.3 is 0 Å². The number of carbonyl (C=O) groups excluding carboxylic acids is 2. The monoisotopic (exact) mass is 605 g/mol. The van der Waals surface area contributed by atoms with Crippen LogP contribution in [0.3, 0.4) is 0 Å². The van der Waals surface area contributed by atoms with E-state index in [1.165, 1.54) is 17.0 Å². The number of amides is 2. The number of carbonyl (C=O) groups is 2. The number of hydrogen-bond acceptors (Lipinski definition) is 4. The van der Waals surface area contributed by atoms with E-state index < -0.39 is 28.5 Å². The van der Waals surface area contributed by atoms with Gasteiger partial charge in [0.25, 0.3) is 10.0 Å². The van der Waals surface area contributed by atoms with Gasteiger partial charge in [0.15, 0.2) is 0 Å². The van der Waals surface area contributed by atoms with Crippen molar-refractivity contribution in [3.63, 3.8) is 0 Å². The maximum atomic E-state index is 13.9. The number of likely N-dealkylation sites (N-methyl/N-ethyl adjacent to an activating group) is 1. The number of benzene rings is 3. The second kappa shape index (κ2) is 13.1. The zero-order chi connectivity index (χ0) is 27.0. The van der Waals surface area contributed by atoms with E-state index in [1.807, 2.05) is 0 Å². The topological polar surface area (TPSA) is 86.8 Å². The number of halogens is 2. The highest BCUT2D eigenvalue weighted by atomic mass is 79.9. The van der Waals surface area contributed by atoms with Crippen molar-refractivity contribution in [2.75, 3.05) is 17.4 Å². The molecule has 0 heterocycles. The molecule has 7 nitrogen and oxygen atoms in total. The Morgan fingerprint density at radius 2 is 1.57 bits per heavy atom. The largest absolute Gasteiger partial charge is 0.355 e. The third kappa shape index (κ3) is 7.12. The highest BCUT2D eigenvalue weighted by molar-refractivity contribution is 9.10. The first-order chi connectivity index (χ1) is 17.7. The highest BCUT2D eigenvalue weighted by Gasteiger charge is 2.33. The maximum Gasteiger partial charge on any atom is 0.264 e. The van der Waals surface area contributed by atoms with E-state index in [1.54, 1.807) is 80.6 Å². The fraction of sp³-hybridized carbons (Fsp3) is 0.259. The molecule has 10 heteroatoms. The fourth-order valence-electron chi connectivity index (χ4n) is 3.88. The standard InChI is InChI=1S/C27H29BrClN3O4S/c1-3-25(27(34)30-4-2)31(18-20-10-8-9-13-24(20)29)26(33)19-32(22-16-14-21(28)15-17-22)37(35,36)23-11-6-5-7-12-23/h5-17,25H,3-4,18-19H2,1-2H3,(H,30,34). The Balaban J connectivity index is 2.05. The molecule has 2 amide bonds. The second-order valence-corrected chi connectivity index (χ2v) is 11.4.